The van der Waals surface area contributed by atoms with Crippen LogP contribution in [0.2, 0.25) is 0 Å². The summed E-state index contributed by atoms with van der Waals surface area (Å²) in [5.74, 6) is 0. The lowest BCUT2D eigenvalue weighted by Crippen LogP contribution is -2.22. The minimum absolute atomic E-state index is 0.213. The highest BCUT2D eigenvalue weighted by Crippen LogP contribution is 2.24. The molecule has 5 heteroatoms. The van der Waals surface area contributed by atoms with Gasteiger partial charge in [0.15, 0.2) is 0 Å². The van der Waals surface area contributed by atoms with E-state index in [1.54, 1.807) is 24.3 Å². The van der Waals surface area contributed by atoms with Gasteiger partial charge in [0.2, 0.25) is 0 Å². The zero-order chi connectivity index (χ0) is 14.6. The molecule has 0 radical (unpaired) electrons. The fourth-order valence-electron chi connectivity index (χ4n) is 2.49. The molecule has 1 aliphatic carbocycles. The molecule has 1 N–H and O–H groups in total. The average Bonchev–Trinajstić information content (AvgIpc) is 2.36. The first kappa shape index (κ1) is 15.5. The number of aliphatic hydroxyl groups is 1. The number of aliphatic hydroxyl groups excluding tert-OH is 1. The van der Waals surface area contributed by atoms with Crippen LogP contribution < -0.4 is 0 Å². The van der Waals surface area contributed by atoms with Crippen molar-refractivity contribution >= 4 is 10.1 Å². The first-order valence-electron chi connectivity index (χ1n) is 7.15. The largest absolute Gasteiger partial charge is 0.393 e. The van der Waals surface area contributed by atoms with E-state index in [0.29, 0.717) is 12.8 Å². The van der Waals surface area contributed by atoms with Gasteiger partial charge in [0, 0.05) is 0 Å². The molecule has 0 heterocycles. The summed E-state index contributed by atoms with van der Waals surface area (Å²) in [5, 5.41) is 9.58. The highest BCUT2D eigenvalue weighted by molar-refractivity contribution is 7.86. The minimum atomic E-state index is -3.68. The third-order valence-electron chi connectivity index (χ3n) is 3.70. The molecule has 1 aliphatic rings. The van der Waals surface area contributed by atoms with Crippen molar-refractivity contribution in [2.45, 2.75) is 62.6 Å². The van der Waals surface area contributed by atoms with Crippen molar-refractivity contribution in [1.82, 2.24) is 0 Å². The zero-order valence-corrected chi connectivity index (χ0v) is 12.6. The summed E-state index contributed by atoms with van der Waals surface area (Å²) in [5.41, 5.74) is 1.02. The SMILES string of the molecule is Cc1ccc(S(=O)(=O)OC2CCCC(O)CCC2)cc1. The number of hydrogen-bond donors (Lipinski definition) is 1. The second kappa shape index (κ2) is 6.70. The minimum Gasteiger partial charge on any atom is -0.393 e. The van der Waals surface area contributed by atoms with Crippen LogP contribution in [0.3, 0.4) is 0 Å². The number of benzene rings is 1. The Hall–Kier alpha value is -0.910. The summed E-state index contributed by atoms with van der Waals surface area (Å²) in [6, 6.07) is 6.70. The molecule has 20 heavy (non-hydrogen) atoms. The summed E-state index contributed by atoms with van der Waals surface area (Å²) in [6.45, 7) is 1.91. The summed E-state index contributed by atoms with van der Waals surface area (Å²) < 4.78 is 29.8. The highest BCUT2D eigenvalue weighted by atomic mass is 32.2. The maximum absolute atomic E-state index is 12.2. The molecule has 1 saturated carbocycles. The molecule has 112 valence electrons. The van der Waals surface area contributed by atoms with Crippen molar-refractivity contribution in [3.63, 3.8) is 0 Å². The first-order valence-corrected chi connectivity index (χ1v) is 8.56. The molecule has 1 fully saturated rings. The Morgan fingerprint density at radius 2 is 1.60 bits per heavy atom. The van der Waals surface area contributed by atoms with Crippen LogP contribution >= 0.6 is 0 Å². The first-order chi connectivity index (χ1) is 9.47. The Balaban J connectivity index is 2.02. The second-order valence-corrected chi connectivity index (χ2v) is 7.07. The van der Waals surface area contributed by atoms with Gasteiger partial charge < -0.3 is 5.11 Å². The van der Waals surface area contributed by atoms with Gasteiger partial charge in [-0.25, -0.2) is 0 Å². The maximum atomic E-state index is 12.2. The number of rotatable bonds is 3. The fourth-order valence-corrected chi connectivity index (χ4v) is 3.62. The molecule has 0 saturated heterocycles. The Morgan fingerprint density at radius 1 is 1.05 bits per heavy atom. The van der Waals surface area contributed by atoms with Gasteiger partial charge in [0.25, 0.3) is 10.1 Å². The summed E-state index contributed by atoms with van der Waals surface area (Å²) in [4.78, 5) is 0.213. The number of hydrogen-bond acceptors (Lipinski definition) is 4. The molecular formula is C15H22O4S. The molecule has 0 amide bonds. The van der Waals surface area contributed by atoms with Crippen LogP contribution in [-0.2, 0) is 14.3 Å². The Bertz CT molecular complexity index is 511. The third kappa shape index (κ3) is 4.30. The van der Waals surface area contributed by atoms with Gasteiger partial charge in [-0.05, 0) is 57.6 Å². The standard InChI is InChI=1S/C15H22O4S/c1-12-8-10-15(11-9-12)20(17,18)19-14-6-2-4-13(16)5-3-7-14/h8-11,13-14,16H,2-7H2,1H3. The molecule has 2 rings (SSSR count). The zero-order valence-electron chi connectivity index (χ0n) is 11.8. The van der Waals surface area contributed by atoms with Crippen molar-refractivity contribution in [2.75, 3.05) is 0 Å². The molecule has 0 atom stereocenters. The molecule has 0 spiro atoms. The molecule has 0 unspecified atom stereocenters. The van der Waals surface area contributed by atoms with Crippen molar-refractivity contribution in [3.05, 3.63) is 29.8 Å². The monoisotopic (exact) mass is 298 g/mol. The van der Waals surface area contributed by atoms with Gasteiger partial charge in [0.1, 0.15) is 0 Å². The van der Waals surface area contributed by atoms with Crippen molar-refractivity contribution in [2.24, 2.45) is 0 Å². The van der Waals surface area contributed by atoms with Gasteiger partial charge in [-0.15, -0.1) is 0 Å². The van der Waals surface area contributed by atoms with Crippen LogP contribution in [0, 0.1) is 6.92 Å². The predicted octanol–water partition coefficient (Wildman–Crippen LogP) is 2.78. The van der Waals surface area contributed by atoms with E-state index >= 15 is 0 Å². The summed E-state index contributed by atoms with van der Waals surface area (Å²) in [7, 11) is -3.68. The van der Waals surface area contributed by atoms with Crippen molar-refractivity contribution < 1.29 is 17.7 Å². The van der Waals surface area contributed by atoms with E-state index in [2.05, 4.69) is 0 Å². The van der Waals surface area contributed by atoms with Gasteiger partial charge in [0.05, 0.1) is 17.1 Å². The summed E-state index contributed by atoms with van der Waals surface area (Å²) in [6.07, 6.45) is 3.91. The predicted molar refractivity (Wildman–Crippen MR) is 76.9 cm³/mol. The van der Waals surface area contributed by atoms with Crippen molar-refractivity contribution in [1.29, 1.82) is 0 Å². The van der Waals surface area contributed by atoms with Gasteiger partial charge in [-0.2, -0.15) is 8.42 Å². The van der Waals surface area contributed by atoms with E-state index in [-0.39, 0.29) is 17.1 Å². The van der Waals surface area contributed by atoms with Crippen LogP contribution in [0.1, 0.15) is 44.1 Å². The average molecular weight is 298 g/mol. The van der Waals surface area contributed by atoms with E-state index in [4.69, 9.17) is 4.18 Å². The van der Waals surface area contributed by atoms with Gasteiger partial charge >= 0.3 is 0 Å². The fraction of sp³-hybridized carbons (Fsp3) is 0.600. The molecular weight excluding hydrogens is 276 g/mol. The maximum Gasteiger partial charge on any atom is 0.297 e. The summed E-state index contributed by atoms with van der Waals surface area (Å²) >= 11 is 0. The van der Waals surface area contributed by atoms with Crippen LogP contribution in [0.25, 0.3) is 0 Å². The molecule has 0 bridgehead atoms. The molecule has 0 aromatic heterocycles. The Morgan fingerprint density at radius 3 is 2.15 bits per heavy atom. The topological polar surface area (TPSA) is 63.6 Å². The van der Waals surface area contributed by atoms with Crippen LogP contribution in [0.15, 0.2) is 29.2 Å². The van der Waals surface area contributed by atoms with E-state index in [9.17, 15) is 13.5 Å². The third-order valence-corrected chi connectivity index (χ3v) is 5.07. The van der Waals surface area contributed by atoms with E-state index in [1.807, 2.05) is 6.92 Å². The smallest absolute Gasteiger partial charge is 0.297 e. The van der Waals surface area contributed by atoms with Crippen LogP contribution in [0.4, 0.5) is 0 Å². The Kier molecular flexibility index (Phi) is 5.18. The lowest BCUT2D eigenvalue weighted by Gasteiger charge is -2.22. The highest BCUT2D eigenvalue weighted by Gasteiger charge is 2.23. The van der Waals surface area contributed by atoms with E-state index in [0.717, 1.165) is 31.2 Å². The van der Waals surface area contributed by atoms with Crippen molar-refractivity contribution in [3.8, 4) is 0 Å². The van der Waals surface area contributed by atoms with Gasteiger partial charge in [-0.3, -0.25) is 4.18 Å². The van der Waals surface area contributed by atoms with Gasteiger partial charge in [-0.1, -0.05) is 17.7 Å². The molecule has 0 aliphatic heterocycles. The van der Waals surface area contributed by atoms with Crippen LogP contribution in [-0.4, -0.2) is 25.7 Å². The lowest BCUT2D eigenvalue weighted by molar-refractivity contribution is 0.109. The second-order valence-electron chi connectivity index (χ2n) is 5.50. The number of aryl methyl sites for hydroxylation is 1. The normalized spacial score (nSPS) is 24.9. The quantitative estimate of drug-likeness (QED) is 0.872. The van der Waals surface area contributed by atoms with E-state index < -0.39 is 10.1 Å². The molecule has 1 aromatic carbocycles. The molecule has 1 aromatic rings. The lowest BCUT2D eigenvalue weighted by atomic mass is 9.97. The Labute approximate surface area is 120 Å². The van der Waals surface area contributed by atoms with Crippen LogP contribution in [0.5, 0.6) is 0 Å². The molecule has 4 nitrogen and oxygen atoms in total. The van der Waals surface area contributed by atoms with E-state index in [1.165, 1.54) is 0 Å².